The summed E-state index contributed by atoms with van der Waals surface area (Å²) in [6, 6.07) is 19.0. The van der Waals surface area contributed by atoms with Crippen molar-refractivity contribution >= 4 is 40.6 Å². The fourth-order valence-corrected chi connectivity index (χ4v) is 5.10. The van der Waals surface area contributed by atoms with Crippen LogP contribution < -0.4 is 5.09 Å². The molecular weight excluding hydrogens is 372 g/mol. The molecule has 0 aromatic heterocycles. The molecule has 0 aliphatic rings. The summed E-state index contributed by atoms with van der Waals surface area (Å²) >= 11 is 12.8. The van der Waals surface area contributed by atoms with E-state index in [2.05, 4.69) is 12.0 Å². The van der Waals surface area contributed by atoms with Crippen LogP contribution in [-0.2, 0) is 4.57 Å². The molecule has 25 heavy (non-hydrogen) atoms. The highest BCUT2D eigenvalue weighted by Gasteiger charge is 2.18. The number of rotatable bonds is 8. The first-order chi connectivity index (χ1) is 12.0. The third kappa shape index (κ3) is 6.49. The van der Waals surface area contributed by atoms with Crippen molar-refractivity contribution in [2.45, 2.75) is 19.8 Å². The Morgan fingerprint density at radius 1 is 0.920 bits per heavy atom. The van der Waals surface area contributed by atoms with E-state index in [1.807, 2.05) is 60.7 Å². The third-order valence-electron chi connectivity index (χ3n) is 3.60. The van der Waals surface area contributed by atoms with Gasteiger partial charge >= 0.3 is 0 Å². The fraction of sp³-hybridized carbons (Fsp3) is 0.200. The minimum absolute atomic E-state index is 0.446. The molecule has 0 saturated carbocycles. The number of benzene rings is 2. The molecule has 0 unspecified atom stereocenters. The van der Waals surface area contributed by atoms with Gasteiger partial charge in [0.15, 0.2) is 7.29 Å². The van der Waals surface area contributed by atoms with Crippen molar-refractivity contribution in [1.29, 1.82) is 0 Å². The molecule has 2 nitrogen and oxygen atoms in total. The van der Waals surface area contributed by atoms with Crippen LogP contribution in [0.1, 0.15) is 30.9 Å². The molecule has 0 amide bonds. The first-order valence-corrected chi connectivity index (χ1v) is 10.9. The maximum Gasteiger partial charge on any atom is 0.193 e. The molecule has 0 aliphatic heterocycles. The maximum atomic E-state index is 13.4. The summed E-state index contributed by atoms with van der Waals surface area (Å²) in [7, 11) is -3.03. The lowest BCUT2D eigenvalue weighted by atomic mass is 10.2. The molecule has 0 saturated heterocycles. The number of unbranched alkanes of at least 4 members (excludes halogenated alkanes) is 1. The lowest BCUT2D eigenvalue weighted by molar-refractivity contribution is 0.575. The Morgan fingerprint density at radius 3 is 1.76 bits per heavy atom. The van der Waals surface area contributed by atoms with Gasteiger partial charge in [-0.3, -0.25) is 9.65 Å². The van der Waals surface area contributed by atoms with Crippen molar-refractivity contribution in [3.63, 3.8) is 0 Å². The van der Waals surface area contributed by atoms with Crippen molar-refractivity contribution in [3.05, 3.63) is 83.4 Å². The normalized spacial score (nSPS) is 15.0. The van der Waals surface area contributed by atoms with Gasteiger partial charge in [-0.15, -0.1) is 0 Å². The van der Waals surface area contributed by atoms with E-state index < -0.39 is 7.29 Å². The van der Waals surface area contributed by atoms with Gasteiger partial charge in [-0.1, -0.05) is 97.2 Å². The van der Waals surface area contributed by atoms with Crippen LogP contribution in [0.25, 0.3) is 10.1 Å². The Hall–Kier alpha value is -1.31. The monoisotopic (exact) mass is 393 g/mol. The van der Waals surface area contributed by atoms with Gasteiger partial charge in [0.2, 0.25) is 0 Å². The summed E-state index contributed by atoms with van der Waals surface area (Å²) in [6.45, 7) is 2.73. The first-order valence-electron chi connectivity index (χ1n) is 8.26. The van der Waals surface area contributed by atoms with E-state index in [-0.39, 0.29) is 0 Å². The smallest absolute Gasteiger partial charge is 0.193 e. The molecule has 1 N–H and O–H groups in total. The third-order valence-corrected chi connectivity index (χ3v) is 6.56. The van der Waals surface area contributed by atoms with Crippen LogP contribution in [-0.4, -0.2) is 6.54 Å². The van der Waals surface area contributed by atoms with Crippen molar-refractivity contribution < 1.29 is 4.57 Å². The van der Waals surface area contributed by atoms with Gasteiger partial charge in [0, 0.05) is 18.2 Å². The minimum atomic E-state index is -3.03. The zero-order valence-electron chi connectivity index (χ0n) is 14.2. The molecule has 0 radical (unpaired) electrons. The van der Waals surface area contributed by atoms with E-state index in [4.69, 9.17) is 23.2 Å². The topological polar surface area (TPSA) is 29.1 Å². The molecule has 132 valence electrons. The zero-order valence-corrected chi connectivity index (χ0v) is 16.6. The Balaban J connectivity index is 2.35. The number of hydrogen-bond donors (Lipinski definition) is 1. The Labute approximate surface area is 160 Å². The van der Waals surface area contributed by atoms with Crippen LogP contribution in [0.4, 0.5) is 0 Å². The predicted octanol–water partition coefficient (Wildman–Crippen LogP) is 7.13. The first kappa shape index (κ1) is 20.0. The fourth-order valence-electron chi connectivity index (χ4n) is 2.24. The summed E-state index contributed by atoms with van der Waals surface area (Å²) in [5, 5.41) is 4.02. The molecule has 5 heteroatoms. The zero-order chi connectivity index (χ0) is 18.1. The molecule has 0 aliphatic carbocycles. The number of hydrogen-bond acceptors (Lipinski definition) is 1. The van der Waals surface area contributed by atoms with Gasteiger partial charge in [-0.05, 0) is 17.5 Å². The van der Waals surface area contributed by atoms with Gasteiger partial charge in [0.1, 0.15) is 0 Å². The van der Waals surface area contributed by atoms with Gasteiger partial charge in [-0.25, -0.2) is 0 Å². The summed E-state index contributed by atoms with van der Waals surface area (Å²) in [4.78, 5) is 0. The van der Waals surface area contributed by atoms with Crippen LogP contribution in [0.5, 0.6) is 0 Å². The molecular formula is C20H22Cl2NOP. The van der Waals surface area contributed by atoms with Gasteiger partial charge in [0.05, 0.1) is 10.1 Å². The SMILES string of the molecule is CCCCNP(=O)(C=C(Cl)c1ccccc1)C=C(Cl)c1ccccc1. The predicted molar refractivity (Wildman–Crippen MR) is 111 cm³/mol. The van der Waals surface area contributed by atoms with Gasteiger partial charge in [-0.2, -0.15) is 0 Å². The molecule has 0 atom stereocenters. The molecule has 0 heterocycles. The van der Waals surface area contributed by atoms with E-state index in [0.717, 1.165) is 24.0 Å². The number of nitrogens with one attached hydrogen (secondary N) is 1. The number of halogens is 2. The molecule has 2 rings (SSSR count). The van der Waals surface area contributed by atoms with E-state index in [9.17, 15) is 4.57 Å². The van der Waals surface area contributed by atoms with Gasteiger partial charge in [0.25, 0.3) is 0 Å². The molecule has 2 aromatic carbocycles. The van der Waals surface area contributed by atoms with Gasteiger partial charge < -0.3 is 0 Å². The Kier molecular flexibility index (Phi) is 7.99. The maximum absolute atomic E-state index is 13.4. The second-order valence-corrected chi connectivity index (χ2v) is 8.72. The molecule has 2 aromatic rings. The summed E-state index contributed by atoms with van der Waals surface area (Å²) in [5.41, 5.74) is 1.65. The summed E-state index contributed by atoms with van der Waals surface area (Å²) in [6.07, 6.45) is 1.94. The van der Waals surface area contributed by atoms with Crippen LogP contribution in [0.15, 0.2) is 72.3 Å². The Bertz CT molecular complexity index is 713. The van der Waals surface area contributed by atoms with Crippen LogP contribution in [0.3, 0.4) is 0 Å². The average molecular weight is 394 g/mol. The van der Waals surface area contributed by atoms with Crippen molar-refractivity contribution in [1.82, 2.24) is 5.09 Å². The van der Waals surface area contributed by atoms with Crippen LogP contribution >= 0.6 is 30.5 Å². The largest absolute Gasteiger partial charge is 0.298 e. The van der Waals surface area contributed by atoms with Crippen molar-refractivity contribution in [2.24, 2.45) is 0 Å². The quantitative estimate of drug-likeness (QED) is 0.381. The lowest BCUT2D eigenvalue weighted by Gasteiger charge is -2.14. The van der Waals surface area contributed by atoms with Crippen molar-refractivity contribution in [2.75, 3.05) is 6.54 Å². The molecule has 0 bridgehead atoms. The van der Waals surface area contributed by atoms with E-state index >= 15 is 0 Å². The van der Waals surface area contributed by atoms with Crippen LogP contribution in [0, 0.1) is 0 Å². The highest BCUT2D eigenvalue weighted by molar-refractivity contribution is 7.68. The average Bonchev–Trinajstić information content (AvgIpc) is 2.63. The summed E-state index contributed by atoms with van der Waals surface area (Å²) in [5.74, 6) is 3.18. The van der Waals surface area contributed by atoms with E-state index in [1.54, 1.807) is 11.6 Å². The highest BCUT2D eigenvalue weighted by atomic mass is 35.5. The highest BCUT2D eigenvalue weighted by Crippen LogP contribution is 2.50. The Morgan fingerprint density at radius 2 is 1.36 bits per heavy atom. The lowest BCUT2D eigenvalue weighted by Crippen LogP contribution is -2.09. The minimum Gasteiger partial charge on any atom is -0.298 e. The molecule has 0 spiro atoms. The van der Waals surface area contributed by atoms with E-state index in [0.29, 0.717) is 16.6 Å². The standard InChI is InChI=1S/C20H22Cl2NOP/c1-2-3-14-23-25(24,15-19(21)17-10-6-4-7-11-17)16-20(22)18-12-8-5-9-13-18/h4-13,15-16H,2-3,14H2,1H3,(H,23,24). The van der Waals surface area contributed by atoms with Crippen LogP contribution in [0.2, 0.25) is 0 Å². The van der Waals surface area contributed by atoms with Crippen molar-refractivity contribution in [3.8, 4) is 0 Å². The molecule has 0 fully saturated rings. The van der Waals surface area contributed by atoms with E-state index in [1.165, 1.54) is 0 Å². The second-order valence-electron chi connectivity index (χ2n) is 5.66. The second kappa shape index (κ2) is 9.99. The summed E-state index contributed by atoms with van der Waals surface area (Å²) < 4.78 is 13.4.